The molecule has 0 aliphatic rings. The Morgan fingerprint density at radius 1 is 1.44 bits per heavy atom. The molecule has 0 aromatic heterocycles. The number of anilines is 1. The Morgan fingerprint density at radius 3 is 2.62 bits per heavy atom. The third-order valence-electron chi connectivity index (χ3n) is 2.54. The largest absolute Gasteiger partial charge is 0.395 e. The van der Waals surface area contributed by atoms with Gasteiger partial charge in [0, 0.05) is 18.7 Å². The lowest BCUT2D eigenvalue weighted by atomic mass is 10.1. The van der Waals surface area contributed by atoms with Gasteiger partial charge in [0.2, 0.25) is 0 Å². The Morgan fingerprint density at radius 2 is 2.12 bits per heavy atom. The fourth-order valence-corrected chi connectivity index (χ4v) is 1.75. The van der Waals surface area contributed by atoms with E-state index in [0.717, 1.165) is 0 Å². The predicted molar refractivity (Wildman–Crippen MR) is 62.0 cm³/mol. The second kappa shape index (κ2) is 5.82. The lowest BCUT2D eigenvalue weighted by Crippen LogP contribution is -2.28. The molecule has 1 atom stereocenters. The number of hydrogen-bond acceptors (Lipinski definition) is 3. The maximum atomic E-state index is 13.7. The van der Waals surface area contributed by atoms with E-state index < -0.39 is 6.10 Å². The van der Waals surface area contributed by atoms with Crippen molar-refractivity contribution in [3.05, 3.63) is 29.6 Å². The SMILES string of the molecule is CCN(CCO)c1c(F)cccc1[C@H](C)O. The van der Waals surface area contributed by atoms with E-state index in [0.29, 0.717) is 24.3 Å². The molecule has 0 amide bonds. The van der Waals surface area contributed by atoms with Crippen molar-refractivity contribution >= 4 is 5.69 Å². The molecule has 3 nitrogen and oxygen atoms in total. The minimum Gasteiger partial charge on any atom is -0.395 e. The average molecular weight is 227 g/mol. The number of hydrogen-bond donors (Lipinski definition) is 2. The van der Waals surface area contributed by atoms with E-state index in [1.54, 1.807) is 24.0 Å². The monoisotopic (exact) mass is 227 g/mol. The van der Waals surface area contributed by atoms with E-state index in [1.165, 1.54) is 6.07 Å². The number of aliphatic hydroxyl groups excluding tert-OH is 2. The van der Waals surface area contributed by atoms with Crippen molar-refractivity contribution in [1.29, 1.82) is 0 Å². The summed E-state index contributed by atoms with van der Waals surface area (Å²) in [6.45, 7) is 4.39. The molecule has 1 rings (SSSR count). The molecular weight excluding hydrogens is 209 g/mol. The van der Waals surface area contributed by atoms with Gasteiger partial charge in [0.05, 0.1) is 18.4 Å². The molecule has 0 radical (unpaired) electrons. The van der Waals surface area contributed by atoms with Gasteiger partial charge in [-0.2, -0.15) is 0 Å². The third-order valence-corrected chi connectivity index (χ3v) is 2.54. The van der Waals surface area contributed by atoms with E-state index >= 15 is 0 Å². The predicted octanol–water partition coefficient (Wildman–Crippen LogP) is 1.70. The van der Waals surface area contributed by atoms with E-state index in [-0.39, 0.29) is 12.4 Å². The number of rotatable bonds is 5. The molecular formula is C12H18FNO2. The summed E-state index contributed by atoms with van der Waals surface area (Å²) in [6, 6.07) is 4.64. The van der Waals surface area contributed by atoms with Crippen LogP contribution in [0.1, 0.15) is 25.5 Å². The maximum absolute atomic E-state index is 13.7. The third kappa shape index (κ3) is 2.71. The van der Waals surface area contributed by atoms with Crippen molar-refractivity contribution in [2.75, 3.05) is 24.6 Å². The van der Waals surface area contributed by atoms with Gasteiger partial charge < -0.3 is 15.1 Å². The summed E-state index contributed by atoms with van der Waals surface area (Å²) in [4.78, 5) is 1.72. The summed E-state index contributed by atoms with van der Waals surface area (Å²) in [5.41, 5.74) is 0.935. The van der Waals surface area contributed by atoms with Gasteiger partial charge in [-0.15, -0.1) is 0 Å². The molecule has 0 saturated carbocycles. The highest BCUT2D eigenvalue weighted by Crippen LogP contribution is 2.28. The first-order valence-electron chi connectivity index (χ1n) is 5.44. The summed E-state index contributed by atoms with van der Waals surface area (Å²) in [7, 11) is 0. The Balaban J connectivity index is 3.17. The van der Waals surface area contributed by atoms with Crippen LogP contribution in [0.3, 0.4) is 0 Å². The van der Waals surface area contributed by atoms with Crippen LogP contribution in [0, 0.1) is 5.82 Å². The number of benzene rings is 1. The Hall–Kier alpha value is -1.13. The first-order chi connectivity index (χ1) is 7.61. The normalized spacial score (nSPS) is 12.6. The lowest BCUT2D eigenvalue weighted by molar-refractivity contribution is 0.199. The van der Waals surface area contributed by atoms with Crippen LogP contribution in [-0.4, -0.2) is 29.9 Å². The molecule has 0 heterocycles. The van der Waals surface area contributed by atoms with Crippen LogP contribution in [0.5, 0.6) is 0 Å². The van der Waals surface area contributed by atoms with Crippen LogP contribution in [0.15, 0.2) is 18.2 Å². The second-order valence-corrected chi connectivity index (χ2v) is 3.66. The van der Waals surface area contributed by atoms with Gasteiger partial charge in [-0.3, -0.25) is 0 Å². The van der Waals surface area contributed by atoms with Crippen LogP contribution >= 0.6 is 0 Å². The molecule has 2 N–H and O–H groups in total. The fraction of sp³-hybridized carbons (Fsp3) is 0.500. The highest BCUT2D eigenvalue weighted by Gasteiger charge is 2.17. The molecule has 90 valence electrons. The van der Waals surface area contributed by atoms with Crippen molar-refractivity contribution in [3.8, 4) is 0 Å². The quantitative estimate of drug-likeness (QED) is 0.804. The molecule has 0 bridgehead atoms. The Labute approximate surface area is 95.1 Å². The van der Waals surface area contributed by atoms with E-state index in [4.69, 9.17) is 5.11 Å². The molecule has 0 saturated heterocycles. The van der Waals surface area contributed by atoms with Crippen LogP contribution in [0.4, 0.5) is 10.1 Å². The zero-order chi connectivity index (χ0) is 12.1. The highest BCUT2D eigenvalue weighted by atomic mass is 19.1. The van der Waals surface area contributed by atoms with Crippen LogP contribution < -0.4 is 4.90 Å². The molecule has 1 aromatic rings. The van der Waals surface area contributed by atoms with Gasteiger partial charge in [-0.1, -0.05) is 12.1 Å². The van der Waals surface area contributed by atoms with Gasteiger partial charge in [0.15, 0.2) is 0 Å². The maximum Gasteiger partial charge on any atom is 0.146 e. The summed E-state index contributed by atoms with van der Waals surface area (Å²) in [5.74, 6) is -0.367. The lowest BCUT2D eigenvalue weighted by Gasteiger charge is -2.26. The van der Waals surface area contributed by atoms with Gasteiger partial charge >= 0.3 is 0 Å². The van der Waals surface area contributed by atoms with Gasteiger partial charge in [0.1, 0.15) is 5.82 Å². The van der Waals surface area contributed by atoms with Crippen molar-refractivity contribution in [2.24, 2.45) is 0 Å². The van der Waals surface area contributed by atoms with Crippen LogP contribution in [-0.2, 0) is 0 Å². The molecule has 0 aliphatic heterocycles. The zero-order valence-corrected chi connectivity index (χ0v) is 9.65. The Kier molecular flexibility index (Phi) is 4.71. The average Bonchev–Trinajstić information content (AvgIpc) is 2.26. The number of nitrogens with zero attached hydrogens (tertiary/aromatic N) is 1. The standard InChI is InChI=1S/C12H18FNO2/c1-3-14(7-8-15)12-10(9(2)16)5-4-6-11(12)13/h4-6,9,15-16H,3,7-8H2,1-2H3/t9-/m0/s1. The Bertz CT molecular complexity index is 342. The van der Waals surface area contributed by atoms with E-state index in [1.807, 2.05) is 6.92 Å². The second-order valence-electron chi connectivity index (χ2n) is 3.66. The number of likely N-dealkylation sites (N-methyl/N-ethyl adjacent to an activating group) is 1. The van der Waals surface area contributed by atoms with Gasteiger partial charge in [0.25, 0.3) is 0 Å². The summed E-state index contributed by atoms with van der Waals surface area (Å²) >= 11 is 0. The number of para-hydroxylation sites is 1. The zero-order valence-electron chi connectivity index (χ0n) is 9.65. The molecule has 0 unspecified atom stereocenters. The van der Waals surface area contributed by atoms with Crippen molar-refractivity contribution < 1.29 is 14.6 Å². The van der Waals surface area contributed by atoms with Crippen LogP contribution in [0.2, 0.25) is 0 Å². The van der Waals surface area contributed by atoms with Crippen LogP contribution in [0.25, 0.3) is 0 Å². The molecule has 0 spiro atoms. The van der Waals surface area contributed by atoms with Crippen molar-refractivity contribution in [1.82, 2.24) is 0 Å². The molecule has 1 aromatic carbocycles. The summed E-state index contributed by atoms with van der Waals surface area (Å²) in [6.07, 6.45) is -0.724. The van der Waals surface area contributed by atoms with E-state index in [9.17, 15) is 9.50 Å². The molecule has 4 heteroatoms. The molecule has 16 heavy (non-hydrogen) atoms. The van der Waals surface area contributed by atoms with Gasteiger partial charge in [-0.25, -0.2) is 4.39 Å². The smallest absolute Gasteiger partial charge is 0.146 e. The van der Waals surface area contributed by atoms with E-state index in [2.05, 4.69) is 0 Å². The van der Waals surface area contributed by atoms with Crippen molar-refractivity contribution in [3.63, 3.8) is 0 Å². The minimum absolute atomic E-state index is 0.0403. The molecule has 0 aliphatic carbocycles. The first-order valence-corrected chi connectivity index (χ1v) is 5.44. The minimum atomic E-state index is -0.724. The number of halogens is 1. The highest BCUT2D eigenvalue weighted by molar-refractivity contribution is 5.55. The fourth-order valence-electron chi connectivity index (χ4n) is 1.75. The van der Waals surface area contributed by atoms with Gasteiger partial charge in [-0.05, 0) is 19.9 Å². The summed E-state index contributed by atoms with van der Waals surface area (Å²) in [5, 5.41) is 18.5. The van der Waals surface area contributed by atoms with Crippen molar-refractivity contribution in [2.45, 2.75) is 20.0 Å². The topological polar surface area (TPSA) is 43.7 Å². The number of aliphatic hydroxyl groups is 2. The molecule has 0 fully saturated rings. The summed E-state index contributed by atoms with van der Waals surface area (Å²) < 4.78 is 13.7. The first kappa shape index (κ1) is 12.9.